The van der Waals surface area contributed by atoms with Crippen molar-refractivity contribution in [3.05, 3.63) is 122 Å². The molecule has 0 fully saturated rings. The molecule has 0 radical (unpaired) electrons. The van der Waals surface area contributed by atoms with Gasteiger partial charge in [0, 0.05) is 22.7 Å². The van der Waals surface area contributed by atoms with E-state index in [1.807, 2.05) is 0 Å². The fourth-order valence-electron chi connectivity index (χ4n) is 5.24. The van der Waals surface area contributed by atoms with Crippen molar-refractivity contribution < 1.29 is 38.2 Å². The van der Waals surface area contributed by atoms with E-state index in [0.717, 1.165) is 11.3 Å². The largest absolute Gasteiger partial charge is 0.490 e. The number of hydrogen-bond donors (Lipinski definition) is 0. The normalized spacial score (nSPS) is 14.0. The van der Waals surface area contributed by atoms with Crippen LogP contribution in [0.2, 0.25) is 5.02 Å². The second-order valence-electron chi connectivity index (χ2n) is 10.8. The number of rotatable bonds is 13. The van der Waals surface area contributed by atoms with Crippen LogP contribution < -0.4 is 29.1 Å². The van der Waals surface area contributed by atoms with Crippen molar-refractivity contribution in [2.75, 3.05) is 26.9 Å². The number of ether oxygens (including phenoxy) is 5. The van der Waals surface area contributed by atoms with Crippen LogP contribution >= 0.6 is 38.9 Å². The molecule has 1 atom stereocenters. The minimum absolute atomic E-state index is 0.0425. The number of carbonyl (C=O) groups excluding carboxylic acids is 2. The lowest BCUT2D eigenvalue weighted by Gasteiger charge is -2.25. The number of hydrogen-bond acceptors (Lipinski definition) is 12. The van der Waals surface area contributed by atoms with E-state index in [0.29, 0.717) is 42.4 Å². The summed E-state index contributed by atoms with van der Waals surface area (Å²) in [6, 6.07) is 13.2. The van der Waals surface area contributed by atoms with E-state index in [1.165, 1.54) is 23.8 Å². The van der Waals surface area contributed by atoms with E-state index in [2.05, 4.69) is 25.7 Å². The quantitative estimate of drug-likeness (QED) is 0.0940. The maximum absolute atomic E-state index is 14.3. The summed E-state index contributed by atoms with van der Waals surface area (Å²) in [6.45, 7) is 5.23. The van der Waals surface area contributed by atoms with Crippen molar-refractivity contribution in [3.63, 3.8) is 0 Å². The van der Waals surface area contributed by atoms with Gasteiger partial charge in [-0.05, 0) is 90.3 Å². The van der Waals surface area contributed by atoms with Crippen molar-refractivity contribution in [2.24, 2.45) is 4.99 Å². The van der Waals surface area contributed by atoms with Gasteiger partial charge in [-0.15, -0.1) is 0 Å². The first-order valence-corrected chi connectivity index (χ1v) is 17.5. The van der Waals surface area contributed by atoms with E-state index in [1.54, 1.807) is 69.3 Å². The van der Waals surface area contributed by atoms with Crippen LogP contribution in [-0.2, 0) is 25.7 Å². The van der Waals surface area contributed by atoms with Gasteiger partial charge in [0.15, 0.2) is 22.9 Å². The lowest BCUT2D eigenvalue weighted by atomic mass is 9.95. The summed E-state index contributed by atoms with van der Waals surface area (Å²) in [5.41, 5.74) is 1.71. The Morgan fingerprint density at radius 3 is 2.47 bits per heavy atom. The fourth-order valence-corrected chi connectivity index (χ4v) is 7.22. The van der Waals surface area contributed by atoms with Crippen molar-refractivity contribution in [3.8, 4) is 17.2 Å². The number of nitro groups is 1. The number of non-ortho nitro benzene ring substituents is 1. The fraction of sp³-hybridized carbons (Fsp3) is 0.257. The molecule has 0 amide bonds. The molecule has 266 valence electrons. The highest BCUT2D eigenvalue weighted by Gasteiger charge is 2.34. The molecule has 0 bridgehead atoms. The van der Waals surface area contributed by atoms with Gasteiger partial charge >= 0.3 is 11.9 Å². The maximum atomic E-state index is 14.3. The van der Waals surface area contributed by atoms with Crippen molar-refractivity contribution in [2.45, 2.75) is 33.4 Å². The first kappa shape index (κ1) is 37.3. The predicted octanol–water partition coefficient (Wildman–Crippen LogP) is 5.65. The molecule has 1 aromatic heterocycles. The van der Waals surface area contributed by atoms with Gasteiger partial charge in [0.1, 0.15) is 12.4 Å². The topological polar surface area (TPSA) is 158 Å². The number of allylic oxidation sites excluding steroid dienone is 1. The average molecular weight is 801 g/mol. The summed E-state index contributed by atoms with van der Waals surface area (Å²) in [7, 11) is 1.25. The second kappa shape index (κ2) is 16.4. The molecule has 2 heterocycles. The summed E-state index contributed by atoms with van der Waals surface area (Å²) >= 11 is 11.0. The molecule has 5 rings (SSSR count). The molecular weight excluding hydrogens is 770 g/mol. The minimum Gasteiger partial charge on any atom is -0.490 e. The molecule has 3 aromatic carbocycles. The van der Waals surface area contributed by atoms with Crippen LogP contribution in [0.3, 0.4) is 0 Å². The van der Waals surface area contributed by atoms with Crippen molar-refractivity contribution in [1.29, 1.82) is 0 Å². The zero-order chi connectivity index (χ0) is 36.8. The van der Waals surface area contributed by atoms with Gasteiger partial charge in [-0.1, -0.05) is 29.0 Å². The molecule has 0 saturated heterocycles. The van der Waals surface area contributed by atoms with E-state index in [4.69, 9.17) is 30.5 Å². The highest BCUT2D eigenvalue weighted by molar-refractivity contribution is 9.10. The van der Waals surface area contributed by atoms with Gasteiger partial charge in [-0.2, -0.15) is 0 Å². The summed E-state index contributed by atoms with van der Waals surface area (Å²) in [6.07, 6.45) is 1.63. The van der Waals surface area contributed by atoms with E-state index < -0.39 is 28.5 Å². The zero-order valence-electron chi connectivity index (χ0n) is 27.8. The summed E-state index contributed by atoms with van der Waals surface area (Å²) in [4.78, 5) is 55.1. The molecule has 1 aliphatic rings. The van der Waals surface area contributed by atoms with Crippen molar-refractivity contribution in [1.82, 2.24) is 4.57 Å². The van der Waals surface area contributed by atoms with Gasteiger partial charge < -0.3 is 23.7 Å². The maximum Gasteiger partial charge on any atom is 0.343 e. The Labute approximate surface area is 308 Å². The van der Waals surface area contributed by atoms with Crippen molar-refractivity contribution >= 4 is 62.6 Å². The Morgan fingerprint density at radius 1 is 1.06 bits per heavy atom. The molecule has 13 nitrogen and oxygen atoms in total. The molecule has 0 saturated carbocycles. The number of halogens is 2. The Morgan fingerprint density at radius 2 is 1.80 bits per heavy atom. The highest BCUT2D eigenvalue weighted by atomic mass is 79.9. The lowest BCUT2D eigenvalue weighted by molar-refractivity contribution is -0.384. The highest BCUT2D eigenvalue weighted by Crippen LogP contribution is 2.37. The number of fused-ring (bicyclic) bond motifs is 1. The molecule has 1 aliphatic heterocycles. The first-order chi connectivity index (χ1) is 24.4. The summed E-state index contributed by atoms with van der Waals surface area (Å²) in [5, 5.41) is 11.4. The van der Waals surface area contributed by atoms with Crippen LogP contribution in [0.5, 0.6) is 17.2 Å². The molecule has 0 unspecified atom stereocenters. The van der Waals surface area contributed by atoms with Gasteiger partial charge in [0.25, 0.3) is 11.2 Å². The number of carbonyl (C=O) groups is 2. The molecular formula is C35H31BrClN3O10S. The minimum atomic E-state index is -0.958. The number of aromatic nitrogens is 1. The van der Waals surface area contributed by atoms with Crippen LogP contribution in [0.4, 0.5) is 5.69 Å². The summed E-state index contributed by atoms with van der Waals surface area (Å²) < 4.78 is 29.9. The molecule has 51 heavy (non-hydrogen) atoms. The zero-order valence-corrected chi connectivity index (χ0v) is 30.9. The van der Waals surface area contributed by atoms with E-state index in [-0.39, 0.29) is 53.7 Å². The van der Waals surface area contributed by atoms with Crippen LogP contribution in [0.1, 0.15) is 43.5 Å². The smallest absolute Gasteiger partial charge is 0.343 e. The van der Waals surface area contributed by atoms with Gasteiger partial charge in [0.05, 0.1) is 51.6 Å². The number of nitrogens with zero attached hydrogens (tertiary/aromatic N) is 3. The Bertz CT molecular complexity index is 2220. The molecule has 0 spiro atoms. The third kappa shape index (κ3) is 8.32. The van der Waals surface area contributed by atoms with E-state index >= 15 is 0 Å². The number of esters is 2. The number of nitro benzene ring substituents is 1. The Balaban J connectivity index is 1.62. The molecule has 4 aromatic rings. The molecule has 16 heteroatoms. The third-order valence-corrected chi connectivity index (χ3v) is 9.32. The van der Waals surface area contributed by atoms with E-state index in [9.17, 15) is 24.5 Å². The van der Waals surface area contributed by atoms with Crippen LogP contribution in [0, 0.1) is 10.1 Å². The SMILES string of the molecule is CCOC(=O)C1=C(C)N=c2s/c(=C/c3cc(Cl)cc(Br)c3OCc3ccc([N+](=O)[O-])cc3)c(=O)n2[C@@H]1c1ccc(OCC(=O)OC)c(OCC)c1. The third-order valence-electron chi connectivity index (χ3n) is 7.53. The van der Waals surface area contributed by atoms with Gasteiger partial charge in [-0.25, -0.2) is 14.6 Å². The van der Waals surface area contributed by atoms with Crippen LogP contribution in [-0.4, -0.2) is 48.4 Å². The van der Waals surface area contributed by atoms with Gasteiger partial charge in [-0.3, -0.25) is 19.5 Å². The number of thiazole rings is 1. The standard InChI is InChI=1S/C35H31BrClN3O10S/c1-5-47-27-14-21(9-12-26(27)49-18-29(41)46-4)31-30(34(43)48-6-2)19(3)38-35-39(31)33(42)28(51-35)15-22-13-23(37)16-25(36)32(22)50-17-20-7-10-24(11-8-20)40(44)45/h7-16,31H,5-6,17-18H2,1-4H3/b28-15+/t31-/m1/s1. The molecule has 0 aliphatic carbocycles. The monoisotopic (exact) mass is 799 g/mol. The first-order valence-electron chi connectivity index (χ1n) is 15.5. The molecule has 0 N–H and O–H groups in total. The summed E-state index contributed by atoms with van der Waals surface area (Å²) in [5.74, 6) is -0.277. The van der Waals surface area contributed by atoms with Crippen LogP contribution in [0.25, 0.3) is 6.08 Å². The Kier molecular flexibility index (Phi) is 12.0. The number of benzene rings is 3. The average Bonchev–Trinajstić information content (AvgIpc) is 3.40. The van der Waals surface area contributed by atoms with Crippen LogP contribution in [0.15, 0.2) is 80.1 Å². The lowest BCUT2D eigenvalue weighted by Crippen LogP contribution is -2.40. The Hall–Kier alpha value is -4.99. The predicted molar refractivity (Wildman–Crippen MR) is 192 cm³/mol. The van der Waals surface area contributed by atoms with Gasteiger partial charge in [0.2, 0.25) is 0 Å². The second-order valence-corrected chi connectivity index (χ2v) is 13.1. The number of methoxy groups -OCH3 is 1.